The highest BCUT2D eigenvalue weighted by Gasteiger charge is 2.39. The highest BCUT2D eigenvalue weighted by atomic mass is 16.6. The third-order valence-corrected chi connectivity index (χ3v) is 4.05. The molecule has 1 aliphatic heterocycles. The van der Waals surface area contributed by atoms with Crippen LogP contribution in [0.3, 0.4) is 0 Å². The fourth-order valence-corrected chi connectivity index (χ4v) is 2.77. The SMILES string of the molecule is CCC1Oc2ccc([N+](=O)[O-])nc2N(CC(=O)Nc2cccc(C)c2)C1=O. The Morgan fingerprint density at radius 3 is 2.81 bits per heavy atom. The molecule has 0 saturated heterocycles. The normalized spacial score (nSPS) is 15.7. The number of hydrogen-bond acceptors (Lipinski definition) is 6. The number of aromatic nitrogens is 1. The predicted molar refractivity (Wildman–Crippen MR) is 97.8 cm³/mol. The minimum absolute atomic E-state index is 0.0294. The van der Waals surface area contributed by atoms with Crippen molar-refractivity contribution >= 4 is 29.1 Å². The molecular formula is C18H18N4O5. The zero-order valence-electron chi connectivity index (χ0n) is 14.8. The average Bonchev–Trinajstić information content (AvgIpc) is 2.63. The van der Waals surface area contributed by atoms with E-state index in [-0.39, 0.29) is 18.1 Å². The van der Waals surface area contributed by atoms with E-state index >= 15 is 0 Å². The molecule has 9 heteroatoms. The second-order valence-corrected chi connectivity index (χ2v) is 6.11. The number of carbonyl (C=O) groups is 2. The van der Waals surface area contributed by atoms with E-state index in [0.717, 1.165) is 10.5 Å². The van der Waals surface area contributed by atoms with E-state index < -0.39 is 28.7 Å². The molecule has 1 unspecified atom stereocenters. The molecule has 1 N–H and O–H groups in total. The number of rotatable bonds is 5. The zero-order valence-corrected chi connectivity index (χ0v) is 14.8. The number of nitrogens with zero attached hydrogens (tertiary/aromatic N) is 3. The zero-order chi connectivity index (χ0) is 19.6. The van der Waals surface area contributed by atoms with Crippen LogP contribution in [0.2, 0.25) is 0 Å². The maximum atomic E-state index is 12.7. The minimum atomic E-state index is -0.771. The van der Waals surface area contributed by atoms with Gasteiger partial charge in [0.2, 0.25) is 5.91 Å². The van der Waals surface area contributed by atoms with Gasteiger partial charge in [0.05, 0.1) is 0 Å². The number of ether oxygens (including phenoxy) is 1. The van der Waals surface area contributed by atoms with Gasteiger partial charge in [-0.1, -0.05) is 19.1 Å². The number of amides is 2. The Morgan fingerprint density at radius 1 is 1.37 bits per heavy atom. The number of nitrogens with one attached hydrogen (secondary N) is 1. The Morgan fingerprint density at radius 2 is 2.15 bits per heavy atom. The molecule has 2 heterocycles. The molecule has 0 saturated carbocycles. The van der Waals surface area contributed by atoms with E-state index in [0.29, 0.717) is 12.1 Å². The summed E-state index contributed by atoms with van der Waals surface area (Å²) in [4.78, 5) is 40.5. The molecule has 1 aromatic carbocycles. The van der Waals surface area contributed by atoms with Gasteiger partial charge in [0.1, 0.15) is 6.54 Å². The first-order valence-corrected chi connectivity index (χ1v) is 8.39. The number of nitro groups is 1. The van der Waals surface area contributed by atoms with Crippen molar-refractivity contribution < 1.29 is 19.2 Å². The summed E-state index contributed by atoms with van der Waals surface area (Å²) in [5.74, 6) is -1.12. The molecule has 1 aromatic heterocycles. The van der Waals surface area contributed by atoms with Crippen molar-refractivity contribution in [1.82, 2.24) is 4.98 Å². The number of fused-ring (bicyclic) bond motifs is 1. The van der Waals surface area contributed by atoms with Crippen LogP contribution in [0.25, 0.3) is 0 Å². The van der Waals surface area contributed by atoms with Crippen molar-refractivity contribution in [2.24, 2.45) is 0 Å². The highest BCUT2D eigenvalue weighted by Crippen LogP contribution is 2.34. The smallest absolute Gasteiger partial charge is 0.366 e. The molecular weight excluding hydrogens is 352 g/mol. The molecule has 0 bridgehead atoms. The van der Waals surface area contributed by atoms with E-state index in [1.54, 1.807) is 25.1 Å². The summed E-state index contributed by atoms with van der Waals surface area (Å²) in [5, 5.41) is 13.7. The molecule has 0 radical (unpaired) electrons. The molecule has 27 heavy (non-hydrogen) atoms. The van der Waals surface area contributed by atoms with Gasteiger partial charge in [-0.15, -0.1) is 0 Å². The van der Waals surface area contributed by atoms with Crippen molar-refractivity contribution in [2.45, 2.75) is 26.4 Å². The van der Waals surface area contributed by atoms with E-state index in [9.17, 15) is 19.7 Å². The lowest BCUT2D eigenvalue weighted by Gasteiger charge is -2.30. The van der Waals surface area contributed by atoms with E-state index in [2.05, 4.69) is 10.3 Å². The quantitative estimate of drug-likeness (QED) is 0.638. The summed E-state index contributed by atoms with van der Waals surface area (Å²) in [6, 6.07) is 9.82. The minimum Gasteiger partial charge on any atom is -0.474 e. The van der Waals surface area contributed by atoms with Gasteiger partial charge in [0, 0.05) is 11.8 Å². The van der Waals surface area contributed by atoms with Crippen molar-refractivity contribution in [1.29, 1.82) is 0 Å². The molecule has 9 nitrogen and oxygen atoms in total. The Balaban J connectivity index is 1.88. The Hall–Kier alpha value is -3.49. The van der Waals surface area contributed by atoms with E-state index in [1.165, 1.54) is 12.1 Å². The van der Waals surface area contributed by atoms with Gasteiger partial charge in [-0.25, -0.2) is 0 Å². The third kappa shape index (κ3) is 3.86. The Kier molecular flexibility index (Phi) is 5.02. The molecule has 0 aliphatic carbocycles. The van der Waals surface area contributed by atoms with Gasteiger partial charge >= 0.3 is 5.82 Å². The standard InChI is InChI=1S/C18H18N4O5/c1-3-13-18(24)21(10-16(23)19-12-6-4-5-11(2)9-12)17-14(27-13)7-8-15(20-17)22(25)26/h4-9,13H,3,10H2,1-2H3,(H,19,23). The number of aryl methyl sites for hydroxylation is 1. The number of hydrogen-bond donors (Lipinski definition) is 1. The van der Waals surface area contributed by atoms with Crippen molar-refractivity contribution in [3.63, 3.8) is 0 Å². The molecule has 2 aromatic rings. The number of anilines is 2. The number of benzene rings is 1. The van der Waals surface area contributed by atoms with Crippen LogP contribution in [0.15, 0.2) is 36.4 Å². The van der Waals surface area contributed by atoms with Crippen molar-refractivity contribution in [2.75, 3.05) is 16.8 Å². The molecule has 0 spiro atoms. The van der Waals surface area contributed by atoms with Gasteiger partial charge in [0.15, 0.2) is 11.9 Å². The number of pyridine rings is 1. The van der Waals surface area contributed by atoms with Crippen LogP contribution >= 0.6 is 0 Å². The topological polar surface area (TPSA) is 115 Å². The largest absolute Gasteiger partial charge is 0.474 e. The molecule has 0 fully saturated rings. The van der Waals surface area contributed by atoms with Crippen LogP contribution in [0.4, 0.5) is 17.3 Å². The van der Waals surface area contributed by atoms with Gasteiger partial charge < -0.3 is 20.2 Å². The highest BCUT2D eigenvalue weighted by molar-refractivity contribution is 6.05. The van der Waals surface area contributed by atoms with Gasteiger partial charge in [-0.2, -0.15) is 0 Å². The molecule has 140 valence electrons. The van der Waals surface area contributed by atoms with Crippen LogP contribution < -0.4 is 15.0 Å². The first kappa shape index (κ1) is 18.3. The summed E-state index contributed by atoms with van der Waals surface area (Å²) in [7, 11) is 0. The van der Waals surface area contributed by atoms with Crippen molar-refractivity contribution in [3.05, 3.63) is 52.1 Å². The lowest BCUT2D eigenvalue weighted by molar-refractivity contribution is -0.389. The number of carbonyl (C=O) groups excluding carboxylic acids is 2. The fourth-order valence-electron chi connectivity index (χ4n) is 2.77. The Labute approximate surface area is 155 Å². The fraction of sp³-hybridized carbons (Fsp3) is 0.278. The lowest BCUT2D eigenvalue weighted by Crippen LogP contribution is -2.49. The predicted octanol–water partition coefficient (Wildman–Crippen LogP) is 2.44. The lowest BCUT2D eigenvalue weighted by atomic mass is 10.2. The van der Waals surface area contributed by atoms with Gasteiger partial charge in [-0.05, 0) is 47.0 Å². The van der Waals surface area contributed by atoms with Crippen LogP contribution in [0.1, 0.15) is 18.9 Å². The van der Waals surface area contributed by atoms with Gasteiger partial charge in [-0.3, -0.25) is 14.5 Å². The summed E-state index contributed by atoms with van der Waals surface area (Å²) in [6.07, 6.45) is -0.377. The Bertz CT molecular complexity index is 914. The van der Waals surface area contributed by atoms with E-state index in [1.807, 2.05) is 13.0 Å². The summed E-state index contributed by atoms with van der Waals surface area (Å²) >= 11 is 0. The summed E-state index contributed by atoms with van der Waals surface area (Å²) < 4.78 is 5.57. The van der Waals surface area contributed by atoms with Gasteiger partial charge in [0.25, 0.3) is 11.7 Å². The first-order chi connectivity index (χ1) is 12.9. The monoisotopic (exact) mass is 370 g/mol. The van der Waals surface area contributed by atoms with Crippen LogP contribution in [-0.4, -0.2) is 34.4 Å². The van der Waals surface area contributed by atoms with Crippen molar-refractivity contribution in [3.8, 4) is 5.75 Å². The maximum Gasteiger partial charge on any atom is 0.366 e. The first-order valence-electron chi connectivity index (χ1n) is 8.39. The second kappa shape index (κ2) is 7.40. The van der Waals surface area contributed by atoms with Crippen LogP contribution in [0, 0.1) is 17.0 Å². The second-order valence-electron chi connectivity index (χ2n) is 6.11. The molecule has 2 amide bonds. The third-order valence-electron chi connectivity index (χ3n) is 4.05. The summed E-state index contributed by atoms with van der Waals surface area (Å²) in [6.45, 7) is 3.34. The average molecular weight is 370 g/mol. The van der Waals surface area contributed by atoms with E-state index in [4.69, 9.17) is 4.74 Å². The maximum absolute atomic E-state index is 12.7. The molecule has 1 atom stereocenters. The molecule has 1 aliphatic rings. The molecule has 3 rings (SSSR count). The van der Waals surface area contributed by atoms with Crippen LogP contribution in [0.5, 0.6) is 5.75 Å². The van der Waals surface area contributed by atoms with Crippen LogP contribution in [-0.2, 0) is 9.59 Å². The summed E-state index contributed by atoms with van der Waals surface area (Å²) in [5.41, 5.74) is 1.57.